The molecule has 0 spiro atoms. The lowest BCUT2D eigenvalue weighted by molar-refractivity contribution is -0.0527. The molecule has 0 amide bonds. The topological polar surface area (TPSA) is 145 Å². The molecule has 2 aromatic heterocycles. The van der Waals surface area contributed by atoms with E-state index in [1.54, 1.807) is 31.4 Å². The highest BCUT2D eigenvalue weighted by Crippen LogP contribution is 2.30. The SMILES string of the molecule is COc1ccc(-c2nnc3c(n2)n(C)c(=O)n3[C@@H]2O[C@H](CO)[C@@H](O)[C@H]2O)cc1. The number of methoxy groups -OCH3 is 1. The average molecular weight is 389 g/mol. The predicted molar refractivity (Wildman–Crippen MR) is 95.6 cm³/mol. The minimum atomic E-state index is -1.41. The van der Waals surface area contributed by atoms with Gasteiger partial charge in [0, 0.05) is 12.6 Å². The molecule has 148 valence electrons. The third-order valence-corrected chi connectivity index (χ3v) is 4.81. The van der Waals surface area contributed by atoms with Crippen molar-refractivity contribution < 1.29 is 24.8 Å². The zero-order chi connectivity index (χ0) is 20.0. The van der Waals surface area contributed by atoms with Gasteiger partial charge in [-0.15, -0.1) is 10.2 Å². The van der Waals surface area contributed by atoms with Gasteiger partial charge in [-0.2, -0.15) is 0 Å². The van der Waals surface area contributed by atoms with E-state index in [1.807, 2.05) is 0 Å². The number of aliphatic hydroxyl groups is 3. The lowest BCUT2D eigenvalue weighted by atomic mass is 10.1. The Balaban J connectivity index is 1.80. The number of aryl methyl sites for hydroxylation is 1. The lowest BCUT2D eigenvalue weighted by Gasteiger charge is -2.15. The number of fused-ring (bicyclic) bond motifs is 1. The van der Waals surface area contributed by atoms with E-state index in [0.717, 1.165) is 4.57 Å². The first kappa shape index (κ1) is 18.5. The van der Waals surface area contributed by atoms with Gasteiger partial charge in [-0.05, 0) is 24.3 Å². The van der Waals surface area contributed by atoms with Crippen molar-refractivity contribution in [2.24, 2.45) is 7.05 Å². The van der Waals surface area contributed by atoms with Crippen LogP contribution >= 0.6 is 0 Å². The molecule has 28 heavy (non-hydrogen) atoms. The van der Waals surface area contributed by atoms with Crippen molar-refractivity contribution in [3.05, 3.63) is 34.7 Å². The summed E-state index contributed by atoms with van der Waals surface area (Å²) in [5, 5.41) is 37.7. The molecular formula is C17H19N5O6. The second-order valence-electron chi connectivity index (χ2n) is 6.45. The molecule has 1 aliphatic rings. The Hall–Kier alpha value is -2.86. The molecule has 11 heteroatoms. The fourth-order valence-corrected chi connectivity index (χ4v) is 3.22. The highest BCUT2D eigenvalue weighted by atomic mass is 16.6. The Bertz CT molecular complexity index is 1060. The van der Waals surface area contributed by atoms with Gasteiger partial charge in [0.1, 0.15) is 24.1 Å². The van der Waals surface area contributed by atoms with Gasteiger partial charge in [-0.1, -0.05) is 0 Å². The molecule has 0 saturated carbocycles. The van der Waals surface area contributed by atoms with Crippen molar-refractivity contribution >= 4 is 11.3 Å². The van der Waals surface area contributed by atoms with Crippen molar-refractivity contribution in [3.63, 3.8) is 0 Å². The maximum atomic E-state index is 12.7. The molecule has 4 rings (SSSR count). The molecule has 1 saturated heterocycles. The monoisotopic (exact) mass is 389 g/mol. The molecule has 0 bridgehead atoms. The van der Waals surface area contributed by atoms with Gasteiger partial charge in [0.25, 0.3) is 0 Å². The molecule has 3 aromatic rings. The Morgan fingerprint density at radius 2 is 1.86 bits per heavy atom. The third-order valence-electron chi connectivity index (χ3n) is 4.81. The molecule has 0 aliphatic carbocycles. The summed E-state index contributed by atoms with van der Waals surface area (Å²) in [7, 11) is 3.07. The quantitative estimate of drug-likeness (QED) is 0.501. The fraction of sp³-hybridized carbons (Fsp3) is 0.412. The van der Waals surface area contributed by atoms with E-state index in [4.69, 9.17) is 9.47 Å². The number of ether oxygens (including phenoxy) is 2. The van der Waals surface area contributed by atoms with E-state index in [0.29, 0.717) is 17.1 Å². The highest BCUT2D eigenvalue weighted by Gasteiger charge is 2.45. The van der Waals surface area contributed by atoms with Crippen LogP contribution in [0.4, 0.5) is 0 Å². The molecule has 0 radical (unpaired) electrons. The second kappa shape index (κ2) is 6.95. The number of rotatable bonds is 4. The number of benzene rings is 1. The van der Waals surface area contributed by atoms with Crippen molar-refractivity contribution in [2.45, 2.75) is 24.5 Å². The van der Waals surface area contributed by atoms with Gasteiger partial charge in [0.05, 0.1) is 13.7 Å². The van der Waals surface area contributed by atoms with Gasteiger partial charge in [0.15, 0.2) is 17.7 Å². The first-order valence-corrected chi connectivity index (χ1v) is 8.54. The molecule has 3 N–H and O–H groups in total. The van der Waals surface area contributed by atoms with E-state index >= 15 is 0 Å². The van der Waals surface area contributed by atoms with Gasteiger partial charge in [0.2, 0.25) is 5.65 Å². The van der Waals surface area contributed by atoms with Crippen molar-refractivity contribution in [2.75, 3.05) is 13.7 Å². The Kier molecular flexibility index (Phi) is 4.59. The van der Waals surface area contributed by atoms with Crippen LogP contribution in [0.2, 0.25) is 0 Å². The van der Waals surface area contributed by atoms with Crippen LogP contribution < -0.4 is 10.4 Å². The van der Waals surface area contributed by atoms with Crippen molar-refractivity contribution in [3.8, 4) is 17.1 Å². The summed E-state index contributed by atoms with van der Waals surface area (Å²) >= 11 is 0. The van der Waals surface area contributed by atoms with Crippen molar-refractivity contribution in [1.82, 2.24) is 24.3 Å². The van der Waals surface area contributed by atoms with E-state index < -0.39 is 36.8 Å². The Morgan fingerprint density at radius 1 is 1.14 bits per heavy atom. The number of hydrogen-bond acceptors (Lipinski definition) is 9. The molecular weight excluding hydrogens is 370 g/mol. The standard InChI is InChI=1S/C17H19N5O6/c1-21-14-15(20-19-13(18-14)8-3-5-9(27-2)6-4-8)22(17(21)26)16-12(25)11(24)10(7-23)28-16/h3-6,10-12,16,23-25H,7H2,1-2H3/t10-,11-,12-,16-/m1/s1. The number of nitrogens with zero attached hydrogens (tertiary/aromatic N) is 5. The Labute approximate surface area is 158 Å². The molecule has 4 atom stereocenters. The zero-order valence-corrected chi connectivity index (χ0v) is 15.1. The average Bonchev–Trinajstić information content (AvgIpc) is 3.15. The zero-order valence-electron chi connectivity index (χ0n) is 15.1. The van der Waals surface area contributed by atoms with E-state index in [9.17, 15) is 20.1 Å². The summed E-state index contributed by atoms with van der Waals surface area (Å²) in [5.74, 6) is 0.991. The van der Waals surface area contributed by atoms with Crippen LogP contribution in [0.15, 0.2) is 29.1 Å². The summed E-state index contributed by atoms with van der Waals surface area (Å²) in [6.07, 6.45) is -4.98. The molecule has 1 aromatic carbocycles. The van der Waals surface area contributed by atoms with Crippen LogP contribution in [0.1, 0.15) is 6.23 Å². The lowest BCUT2D eigenvalue weighted by Crippen LogP contribution is -2.35. The van der Waals surface area contributed by atoms with E-state index in [1.165, 1.54) is 11.6 Å². The van der Waals surface area contributed by atoms with Crippen LogP contribution in [0.25, 0.3) is 22.7 Å². The van der Waals surface area contributed by atoms with E-state index in [2.05, 4.69) is 15.2 Å². The maximum Gasteiger partial charge on any atom is 0.333 e. The molecule has 0 unspecified atom stereocenters. The second-order valence-corrected chi connectivity index (χ2v) is 6.45. The smallest absolute Gasteiger partial charge is 0.333 e. The van der Waals surface area contributed by atoms with Crippen LogP contribution in [-0.4, -0.2) is 71.7 Å². The number of aromatic nitrogens is 5. The normalized spacial score (nSPS) is 24.8. The largest absolute Gasteiger partial charge is 0.497 e. The number of imidazole rings is 1. The van der Waals surface area contributed by atoms with Crippen molar-refractivity contribution in [1.29, 1.82) is 0 Å². The minimum absolute atomic E-state index is 0.0969. The summed E-state index contributed by atoms with van der Waals surface area (Å²) in [4.78, 5) is 17.1. The summed E-state index contributed by atoms with van der Waals surface area (Å²) < 4.78 is 12.9. The van der Waals surface area contributed by atoms with Crippen LogP contribution in [0, 0.1) is 0 Å². The van der Waals surface area contributed by atoms with Crippen LogP contribution in [0.5, 0.6) is 5.75 Å². The van der Waals surface area contributed by atoms with Gasteiger partial charge in [-0.3, -0.25) is 4.57 Å². The van der Waals surface area contributed by atoms with Gasteiger partial charge in [-0.25, -0.2) is 14.3 Å². The van der Waals surface area contributed by atoms with Gasteiger partial charge >= 0.3 is 5.69 Å². The Morgan fingerprint density at radius 3 is 2.46 bits per heavy atom. The first-order valence-electron chi connectivity index (χ1n) is 8.54. The number of hydrogen-bond donors (Lipinski definition) is 3. The first-order chi connectivity index (χ1) is 13.5. The fourth-order valence-electron chi connectivity index (χ4n) is 3.22. The molecule has 1 fully saturated rings. The maximum absolute atomic E-state index is 12.7. The summed E-state index contributed by atoms with van der Waals surface area (Å²) in [6, 6.07) is 7.05. The molecule has 11 nitrogen and oxygen atoms in total. The van der Waals surface area contributed by atoms with Crippen LogP contribution in [0.3, 0.4) is 0 Å². The summed E-state index contributed by atoms with van der Waals surface area (Å²) in [6.45, 7) is -0.500. The minimum Gasteiger partial charge on any atom is -0.497 e. The molecule has 1 aliphatic heterocycles. The summed E-state index contributed by atoms with van der Waals surface area (Å²) in [5.41, 5.74) is 0.477. The number of aliphatic hydroxyl groups excluding tert-OH is 3. The highest BCUT2D eigenvalue weighted by molar-refractivity contribution is 5.69. The van der Waals surface area contributed by atoms with Crippen LogP contribution in [-0.2, 0) is 11.8 Å². The predicted octanol–water partition coefficient (Wildman–Crippen LogP) is -1.19. The van der Waals surface area contributed by atoms with Gasteiger partial charge < -0.3 is 24.8 Å². The van der Waals surface area contributed by atoms with E-state index in [-0.39, 0.29) is 11.3 Å². The third kappa shape index (κ3) is 2.76. The molecule has 3 heterocycles.